The predicted octanol–water partition coefficient (Wildman–Crippen LogP) is 5.68. The first-order valence-corrected chi connectivity index (χ1v) is 10.3. The average molecular weight is 425 g/mol. The molecule has 4 rings (SSSR count). The van der Waals surface area contributed by atoms with E-state index in [-0.39, 0.29) is 0 Å². The molecule has 0 radical (unpaired) electrons. The summed E-state index contributed by atoms with van der Waals surface area (Å²) in [7, 11) is 1.63. The summed E-state index contributed by atoms with van der Waals surface area (Å²) in [4.78, 5) is 11.6. The van der Waals surface area contributed by atoms with E-state index in [1.54, 1.807) is 7.11 Å². The van der Waals surface area contributed by atoms with Crippen molar-refractivity contribution in [2.45, 2.75) is 13.8 Å². The Balaban J connectivity index is 1.91. The van der Waals surface area contributed by atoms with Gasteiger partial charge in [-0.1, -0.05) is 59.7 Å². The summed E-state index contributed by atoms with van der Waals surface area (Å²) < 4.78 is 7.12. The third-order valence-corrected chi connectivity index (χ3v) is 5.28. The molecule has 1 heterocycles. The second kappa shape index (κ2) is 8.94. The summed E-state index contributed by atoms with van der Waals surface area (Å²) in [6.45, 7) is 4.04. The van der Waals surface area contributed by atoms with Gasteiger partial charge in [-0.3, -0.25) is 0 Å². The molecule has 0 fully saturated rings. The highest BCUT2D eigenvalue weighted by Gasteiger charge is 2.17. The number of hydrogen-bond acceptors (Lipinski definition) is 3. The second-order valence-corrected chi connectivity index (χ2v) is 7.65. The van der Waals surface area contributed by atoms with Crippen molar-refractivity contribution >= 4 is 11.5 Å². The molecule has 0 aliphatic heterocycles. The van der Waals surface area contributed by atoms with Gasteiger partial charge >= 0.3 is 5.97 Å². The van der Waals surface area contributed by atoms with Crippen molar-refractivity contribution in [1.82, 2.24) is 9.78 Å². The number of rotatable bonds is 6. The normalized spacial score (nSPS) is 11.4. The van der Waals surface area contributed by atoms with Crippen LogP contribution < -0.4 is 4.74 Å². The molecule has 160 valence electrons. The van der Waals surface area contributed by atoms with Crippen molar-refractivity contribution < 1.29 is 14.6 Å². The molecule has 0 aliphatic carbocycles. The first kappa shape index (κ1) is 21.1. The van der Waals surface area contributed by atoms with Gasteiger partial charge in [0, 0.05) is 17.2 Å². The number of methoxy groups -OCH3 is 1. The largest absolute Gasteiger partial charge is 0.497 e. The number of ether oxygens (including phenoxy) is 1. The molecule has 0 atom stereocenters. The molecule has 0 aliphatic rings. The molecule has 5 heteroatoms. The van der Waals surface area contributed by atoms with E-state index >= 15 is 0 Å². The first-order valence-electron chi connectivity index (χ1n) is 10.3. The van der Waals surface area contributed by atoms with Crippen LogP contribution in [0.4, 0.5) is 0 Å². The van der Waals surface area contributed by atoms with Crippen LogP contribution in [0.1, 0.15) is 22.4 Å². The van der Waals surface area contributed by atoms with Crippen molar-refractivity contribution in [3.05, 3.63) is 107 Å². The molecule has 1 aromatic heterocycles. The van der Waals surface area contributed by atoms with E-state index in [0.29, 0.717) is 11.3 Å². The van der Waals surface area contributed by atoms with Crippen LogP contribution in [0.25, 0.3) is 22.5 Å². The Kier molecular flexibility index (Phi) is 5.90. The van der Waals surface area contributed by atoms with Crippen LogP contribution >= 0.6 is 0 Å². The summed E-state index contributed by atoms with van der Waals surface area (Å²) >= 11 is 0. The van der Waals surface area contributed by atoms with Crippen molar-refractivity contribution in [2.24, 2.45) is 0 Å². The van der Waals surface area contributed by atoms with E-state index in [2.05, 4.69) is 0 Å². The zero-order valence-corrected chi connectivity index (χ0v) is 18.2. The minimum Gasteiger partial charge on any atom is -0.497 e. The van der Waals surface area contributed by atoms with Gasteiger partial charge < -0.3 is 9.84 Å². The highest BCUT2D eigenvalue weighted by Crippen LogP contribution is 2.30. The average Bonchev–Trinajstić information content (AvgIpc) is 3.24. The van der Waals surface area contributed by atoms with E-state index < -0.39 is 5.97 Å². The standard InChI is InChI=1S/C27H24N2O3/c1-18-4-8-20(9-5-18)24(16-27(30)31)25-17-26(21-10-6-19(2)7-11-21)29(28-25)22-12-14-23(32-3)15-13-22/h4-17H,1-3H3,(H,30,31). The minimum atomic E-state index is -1.02. The smallest absolute Gasteiger partial charge is 0.329 e. The first-order chi connectivity index (χ1) is 15.4. The zero-order chi connectivity index (χ0) is 22.7. The Labute approximate surface area is 187 Å². The summed E-state index contributed by atoms with van der Waals surface area (Å²) in [6, 6.07) is 25.5. The maximum absolute atomic E-state index is 11.6. The van der Waals surface area contributed by atoms with E-state index in [1.807, 2.05) is 97.4 Å². The molecule has 3 aromatic carbocycles. The van der Waals surface area contributed by atoms with Crippen molar-refractivity contribution in [3.8, 4) is 22.7 Å². The second-order valence-electron chi connectivity index (χ2n) is 7.65. The Morgan fingerprint density at radius 1 is 0.906 bits per heavy atom. The number of nitrogens with zero attached hydrogens (tertiary/aromatic N) is 2. The number of hydrogen-bond donors (Lipinski definition) is 1. The number of carbonyl (C=O) groups is 1. The Morgan fingerprint density at radius 2 is 1.50 bits per heavy atom. The molecule has 4 aromatic rings. The summed E-state index contributed by atoms with van der Waals surface area (Å²) in [5.41, 5.74) is 6.92. The molecule has 0 saturated heterocycles. The van der Waals surface area contributed by atoms with Gasteiger partial charge in [-0.05, 0) is 49.7 Å². The van der Waals surface area contributed by atoms with Crippen LogP contribution in [0.15, 0.2) is 84.9 Å². The molecular formula is C27H24N2O3. The third-order valence-electron chi connectivity index (χ3n) is 5.28. The number of aromatic nitrogens is 2. The van der Waals surface area contributed by atoms with Gasteiger partial charge in [0.25, 0.3) is 0 Å². The summed E-state index contributed by atoms with van der Waals surface area (Å²) in [5, 5.41) is 14.4. The number of aryl methyl sites for hydroxylation is 2. The van der Waals surface area contributed by atoms with Gasteiger partial charge in [-0.25, -0.2) is 9.48 Å². The summed E-state index contributed by atoms with van der Waals surface area (Å²) in [6.07, 6.45) is 1.21. The molecule has 0 spiro atoms. The molecule has 32 heavy (non-hydrogen) atoms. The van der Waals surface area contributed by atoms with E-state index in [1.165, 1.54) is 6.08 Å². The van der Waals surface area contributed by atoms with E-state index in [0.717, 1.165) is 39.4 Å². The zero-order valence-electron chi connectivity index (χ0n) is 18.2. The van der Waals surface area contributed by atoms with Gasteiger partial charge in [0.05, 0.1) is 24.2 Å². The van der Waals surface area contributed by atoms with Crippen LogP contribution in [0.2, 0.25) is 0 Å². The van der Waals surface area contributed by atoms with Crippen LogP contribution in [0.5, 0.6) is 5.75 Å². The lowest BCUT2D eigenvalue weighted by Gasteiger charge is -2.09. The Bertz CT molecular complexity index is 1270. The Morgan fingerprint density at radius 3 is 2.06 bits per heavy atom. The lowest BCUT2D eigenvalue weighted by molar-refractivity contribution is -0.131. The fourth-order valence-electron chi connectivity index (χ4n) is 3.52. The van der Waals surface area contributed by atoms with Crippen LogP contribution in [0, 0.1) is 13.8 Å². The number of benzene rings is 3. The SMILES string of the molecule is COc1ccc(-n2nc(C(=CC(=O)O)c3ccc(C)cc3)cc2-c2ccc(C)cc2)cc1. The number of aliphatic carboxylic acids is 1. The monoisotopic (exact) mass is 424 g/mol. The molecule has 1 N–H and O–H groups in total. The molecular weight excluding hydrogens is 400 g/mol. The number of carboxylic acid groups (broad SMARTS) is 1. The van der Waals surface area contributed by atoms with Crippen LogP contribution in [0.3, 0.4) is 0 Å². The maximum Gasteiger partial charge on any atom is 0.329 e. The van der Waals surface area contributed by atoms with Crippen molar-refractivity contribution in [1.29, 1.82) is 0 Å². The van der Waals surface area contributed by atoms with Gasteiger partial charge in [-0.15, -0.1) is 0 Å². The van der Waals surface area contributed by atoms with E-state index in [4.69, 9.17) is 9.84 Å². The van der Waals surface area contributed by atoms with Crippen LogP contribution in [-0.4, -0.2) is 28.0 Å². The maximum atomic E-state index is 11.6. The van der Waals surface area contributed by atoms with Gasteiger partial charge in [-0.2, -0.15) is 5.10 Å². The predicted molar refractivity (Wildman–Crippen MR) is 126 cm³/mol. The lowest BCUT2D eigenvalue weighted by atomic mass is 10.00. The minimum absolute atomic E-state index is 0.554. The molecule has 5 nitrogen and oxygen atoms in total. The summed E-state index contributed by atoms with van der Waals surface area (Å²) in [5.74, 6) is -0.263. The number of carboxylic acids is 1. The fraction of sp³-hybridized carbons (Fsp3) is 0.111. The van der Waals surface area contributed by atoms with Crippen molar-refractivity contribution in [2.75, 3.05) is 7.11 Å². The fourth-order valence-corrected chi connectivity index (χ4v) is 3.52. The van der Waals surface area contributed by atoms with Crippen molar-refractivity contribution in [3.63, 3.8) is 0 Å². The third kappa shape index (κ3) is 4.47. The quantitative estimate of drug-likeness (QED) is 0.405. The topological polar surface area (TPSA) is 64.4 Å². The molecule has 0 unspecified atom stereocenters. The van der Waals surface area contributed by atoms with Gasteiger partial charge in [0.15, 0.2) is 0 Å². The highest BCUT2D eigenvalue weighted by atomic mass is 16.5. The van der Waals surface area contributed by atoms with Gasteiger partial charge in [0.1, 0.15) is 5.75 Å². The van der Waals surface area contributed by atoms with E-state index in [9.17, 15) is 9.90 Å². The molecule has 0 bridgehead atoms. The lowest BCUT2D eigenvalue weighted by Crippen LogP contribution is -2.01. The van der Waals surface area contributed by atoms with Crippen LogP contribution in [-0.2, 0) is 4.79 Å². The molecule has 0 saturated carbocycles. The molecule has 0 amide bonds. The Hall–Kier alpha value is -4.12. The van der Waals surface area contributed by atoms with Gasteiger partial charge in [0.2, 0.25) is 0 Å². The highest BCUT2D eigenvalue weighted by molar-refractivity contribution is 5.95.